The van der Waals surface area contributed by atoms with Crippen molar-refractivity contribution >= 4 is 49.0 Å². The number of halogens is 1. The highest BCUT2D eigenvalue weighted by Gasteiger charge is 2.42. The number of hydrogen-bond acceptors (Lipinski definition) is 9. The van der Waals surface area contributed by atoms with Crippen LogP contribution in [-0.2, 0) is 16.6 Å². The molecule has 2 aromatic carbocycles. The number of furan rings is 1. The number of ether oxygens (including phenoxy) is 1. The van der Waals surface area contributed by atoms with E-state index in [-0.39, 0.29) is 46.8 Å². The minimum atomic E-state index is -4.17. The van der Waals surface area contributed by atoms with Gasteiger partial charge in [0.05, 0.1) is 35.1 Å². The van der Waals surface area contributed by atoms with E-state index in [0.29, 0.717) is 33.7 Å². The molecule has 11 nitrogen and oxygen atoms in total. The second-order valence-corrected chi connectivity index (χ2v) is 14.8. The molecule has 1 N–H and O–H groups in total. The summed E-state index contributed by atoms with van der Waals surface area (Å²) in [6.07, 6.45) is 4.32. The fourth-order valence-electron chi connectivity index (χ4n) is 5.91. The molecule has 5 aromatic rings. The van der Waals surface area contributed by atoms with Gasteiger partial charge >= 0.3 is 0 Å². The Kier molecular flexibility index (Phi) is 7.55. The second kappa shape index (κ2) is 11.5. The standard InChI is InChI=1S/C33H31BrN6O5S/c1-19-6-4-7-20(2)29(19)25-14-28-38-32(37-25)39-46(42,43)24-9-5-8-21(12-24)31(41)40(23(18-44-28)15-33(3)10-11-33)17-22-16-35-30-26(36-22)13-27(34)45-30/h4-9,12-14,16,23H,10-11,15,17-18H2,1-3H3,(H,37,38,39)/t23-/m1/s1. The lowest BCUT2D eigenvalue weighted by Gasteiger charge is -2.33. The fourth-order valence-corrected chi connectivity index (χ4v) is 7.27. The summed E-state index contributed by atoms with van der Waals surface area (Å²) in [7, 11) is -4.17. The summed E-state index contributed by atoms with van der Waals surface area (Å²) in [5.74, 6) is -0.277. The molecule has 1 aliphatic carbocycles. The molecule has 1 atom stereocenters. The van der Waals surface area contributed by atoms with Gasteiger partial charge in [-0.2, -0.15) is 4.98 Å². The van der Waals surface area contributed by atoms with Crippen LogP contribution in [0.25, 0.3) is 22.5 Å². The SMILES string of the molecule is Cc1cccc(C)c1-c1cc2nc(n1)NS(=O)(=O)c1cccc(c1)C(=O)N(Cc1cnc3oc(Br)cc3n1)[C@H](CC1(C)CC1)CO2. The fraction of sp³-hybridized carbons (Fsp3) is 0.303. The zero-order valence-electron chi connectivity index (χ0n) is 25.4. The van der Waals surface area contributed by atoms with Crippen molar-refractivity contribution in [1.29, 1.82) is 0 Å². The van der Waals surface area contributed by atoms with Crippen LogP contribution in [0.2, 0.25) is 0 Å². The third-order valence-electron chi connectivity index (χ3n) is 8.60. The van der Waals surface area contributed by atoms with E-state index in [2.05, 4.69) is 42.5 Å². The molecule has 0 spiro atoms. The zero-order valence-corrected chi connectivity index (χ0v) is 27.9. The quantitative estimate of drug-likeness (QED) is 0.219. The molecule has 7 rings (SSSR count). The Labute approximate surface area is 274 Å². The van der Waals surface area contributed by atoms with Crippen LogP contribution < -0.4 is 9.46 Å². The molecule has 236 valence electrons. The van der Waals surface area contributed by atoms with Gasteiger partial charge in [0, 0.05) is 23.3 Å². The Bertz CT molecular complexity index is 2090. The third kappa shape index (κ3) is 6.08. The molecular formula is C33H31BrN6O5S. The van der Waals surface area contributed by atoms with Crippen molar-refractivity contribution in [2.75, 3.05) is 11.3 Å². The lowest BCUT2D eigenvalue weighted by Crippen LogP contribution is -2.44. The van der Waals surface area contributed by atoms with Gasteiger partial charge in [-0.15, -0.1) is 0 Å². The maximum atomic E-state index is 14.4. The average molecular weight is 704 g/mol. The van der Waals surface area contributed by atoms with Gasteiger partial charge < -0.3 is 14.1 Å². The number of nitrogens with one attached hydrogen (secondary N) is 1. The first-order chi connectivity index (χ1) is 22.0. The summed E-state index contributed by atoms with van der Waals surface area (Å²) in [5.41, 5.74) is 5.08. The van der Waals surface area contributed by atoms with E-state index in [9.17, 15) is 13.2 Å². The first-order valence-corrected chi connectivity index (χ1v) is 17.2. The summed E-state index contributed by atoms with van der Waals surface area (Å²) in [6.45, 7) is 6.38. The summed E-state index contributed by atoms with van der Waals surface area (Å²) in [4.78, 5) is 34.2. The van der Waals surface area contributed by atoms with Crippen molar-refractivity contribution in [3.8, 4) is 17.1 Å². The molecule has 2 aliphatic rings. The number of nitrogens with zero attached hydrogens (tertiary/aromatic N) is 5. The van der Waals surface area contributed by atoms with Crippen LogP contribution in [0.4, 0.5) is 5.95 Å². The molecule has 13 heteroatoms. The molecular weight excluding hydrogens is 672 g/mol. The Balaban J connectivity index is 1.36. The van der Waals surface area contributed by atoms with Crippen LogP contribution in [-0.4, -0.2) is 51.8 Å². The number of carbonyl (C=O) groups excluding carboxylic acids is 1. The molecule has 0 radical (unpaired) electrons. The van der Waals surface area contributed by atoms with Crippen LogP contribution in [0.1, 0.15) is 53.4 Å². The molecule has 4 heterocycles. The van der Waals surface area contributed by atoms with E-state index in [1.54, 1.807) is 35.4 Å². The van der Waals surface area contributed by atoms with Crippen LogP contribution in [0.5, 0.6) is 5.88 Å². The van der Waals surface area contributed by atoms with Gasteiger partial charge in [0.15, 0.2) is 4.67 Å². The zero-order chi connectivity index (χ0) is 32.2. The van der Waals surface area contributed by atoms with Crippen LogP contribution in [0.3, 0.4) is 0 Å². The van der Waals surface area contributed by atoms with Crippen molar-refractivity contribution < 1.29 is 22.4 Å². The van der Waals surface area contributed by atoms with E-state index >= 15 is 0 Å². The molecule has 1 saturated carbocycles. The first-order valence-electron chi connectivity index (χ1n) is 14.9. The minimum Gasteiger partial charge on any atom is -0.475 e. The summed E-state index contributed by atoms with van der Waals surface area (Å²) in [5, 5.41) is 0. The Hall–Kier alpha value is -4.36. The molecule has 0 unspecified atom stereocenters. The summed E-state index contributed by atoms with van der Waals surface area (Å²) >= 11 is 3.32. The molecule has 46 heavy (non-hydrogen) atoms. The predicted octanol–water partition coefficient (Wildman–Crippen LogP) is 6.45. The van der Waals surface area contributed by atoms with Gasteiger partial charge in [-0.05, 0) is 83.8 Å². The second-order valence-electron chi connectivity index (χ2n) is 12.3. The predicted molar refractivity (Wildman–Crippen MR) is 175 cm³/mol. The van der Waals surface area contributed by atoms with Crippen molar-refractivity contribution in [2.24, 2.45) is 5.41 Å². The summed E-state index contributed by atoms with van der Waals surface area (Å²) < 4.78 is 42.2. The Morgan fingerprint density at radius 3 is 2.57 bits per heavy atom. The Morgan fingerprint density at radius 1 is 1.04 bits per heavy atom. The highest BCUT2D eigenvalue weighted by Crippen LogP contribution is 2.49. The van der Waals surface area contributed by atoms with Gasteiger partial charge in [-0.3, -0.25) is 4.79 Å². The summed E-state index contributed by atoms with van der Waals surface area (Å²) in [6, 6.07) is 14.9. The lowest BCUT2D eigenvalue weighted by molar-refractivity contribution is 0.0537. The Morgan fingerprint density at radius 2 is 1.80 bits per heavy atom. The molecule has 3 aromatic heterocycles. The molecule has 1 amide bonds. The molecule has 1 aliphatic heterocycles. The number of benzene rings is 2. The number of amides is 1. The van der Waals surface area contributed by atoms with Crippen LogP contribution in [0.15, 0.2) is 74.8 Å². The third-order valence-corrected chi connectivity index (χ3v) is 10.3. The van der Waals surface area contributed by atoms with E-state index in [1.165, 1.54) is 12.1 Å². The monoisotopic (exact) mass is 702 g/mol. The number of carbonyl (C=O) groups is 1. The van der Waals surface area contributed by atoms with Gasteiger partial charge in [0.25, 0.3) is 15.9 Å². The van der Waals surface area contributed by atoms with E-state index in [1.807, 2.05) is 32.0 Å². The maximum Gasteiger partial charge on any atom is 0.264 e. The van der Waals surface area contributed by atoms with Gasteiger partial charge in [0.2, 0.25) is 17.5 Å². The van der Waals surface area contributed by atoms with Crippen molar-refractivity contribution in [3.05, 3.63) is 87.8 Å². The largest absolute Gasteiger partial charge is 0.475 e. The molecule has 1 fully saturated rings. The van der Waals surface area contributed by atoms with Crippen molar-refractivity contribution in [2.45, 2.75) is 57.5 Å². The van der Waals surface area contributed by atoms with Crippen LogP contribution in [0, 0.1) is 19.3 Å². The first kappa shape index (κ1) is 30.3. The van der Waals surface area contributed by atoms with Crippen LogP contribution >= 0.6 is 15.9 Å². The minimum absolute atomic E-state index is 0.0402. The number of sulfonamides is 1. The van der Waals surface area contributed by atoms with E-state index in [4.69, 9.17) is 14.1 Å². The normalized spacial score (nSPS) is 18.6. The lowest BCUT2D eigenvalue weighted by atomic mass is 9.97. The highest BCUT2D eigenvalue weighted by atomic mass is 79.9. The smallest absolute Gasteiger partial charge is 0.264 e. The maximum absolute atomic E-state index is 14.4. The van der Waals surface area contributed by atoms with Crippen molar-refractivity contribution in [3.63, 3.8) is 0 Å². The van der Waals surface area contributed by atoms with Gasteiger partial charge in [-0.25, -0.2) is 28.1 Å². The van der Waals surface area contributed by atoms with E-state index in [0.717, 1.165) is 29.5 Å². The number of aryl methyl sites for hydroxylation is 2. The number of aromatic nitrogens is 4. The number of anilines is 1. The van der Waals surface area contributed by atoms with Gasteiger partial charge in [0.1, 0.15) is 12.1 Å². The average Bonchev–Trinajstić information content (AvgIpc) is 3.62. The van der Waals surface area contributed by atoms with Crippen molar-refractivity contribution in [1.82, 2.24) is 24.8 Å². The molecule has 4 bridgehead atoms. The number of rotatable bonds is 5. The van der Waals surface area contributed by atoms with Gasteiger partial charge in [-0.1, -0.05) is 31.2 Å². The molecule has 0 saturated heterocycles. The highest BCUT2D eigenvalue weighted by molar-refractivity contribution is 9.10. The number of fused-ring (bicyclic) bond motifs is 5. The van der Waals surface area contributed by atoms with E-state index < -0.39 is 16.1 Å². The topological polar surface area (TPSA) is 140 Å². The number of hydrogen-bond donors (Lipinski definition) is 1.